The Morgan fingerprint density at radius 2 is 1.80 bits per heavy atom. The van der Waals surface area contributed by atoms with Crippen molar-refractivity contribution in [3.05, 3.63) is 35.6 Å². The number of hydrogen-bond acceptors (Lipinski definition) is 0. The van der Waals surface area contributed by atoms with Crippen LogP contribution in [0.5, 0.6) is 0 Å². The molecule has 1 aliphatic rings. The molecule has 2 rings (SSSR count). The summed E-state index contributed by atoms with van der Waals surface area (Å²) in [7, 11) is 0. The molecule has 0 spiro atoms. The molecule has 1 heteroatoms. The summed E-state index contributed by atoms with van der Waals surface area (Å²) in [6.07, 6.45) is 3.93. The van der Waals surface area contributed by atoms with E-state index in [4.69, 9.17) is 0 Å². The fourth-order valence-corrected chi connectivity index (χ4v) is 2.91. The van der Waals surface area contributed by atoms with Gasteiger partial charge in [-0.15, -0.1) is 0 Å². The predicted octanol–water partition coefficient (Wildman–Crippen LogP) is 4.37. The Balaban J connectivity index is 2.19. The summed E-state index contributed by atoms with van der Waals surface area (Å²) in [6.45, 7) is 4.60. The summed E-state index contributed by atoms with van der Waals surface area (Å²) in [4.78, 5) is 0. The van der Waals surface area contributed by atoms with Crippen LogP contribution in [-0.2, 0) is 0 Å². The molecule has 0 nitrogen and oxygen atoms in total. The Labute approximate surface area is 91.5 Å². The SMILES string of the molecule is CC(C)C1CCCC1c1ccc(F)cc1. The van der Waals surface area contributed by atoms with E-state index in [2.05, 4.69) is 13.8 Å². The molecular weight excluding hydrogens is 187 g/mol. The highest BCUT2D eigenvalue weighted by Gasteiger charge is 2.30. The first-order chi connectivity index (χ1) is 7.18. The minimum Gasteiger partial charge on any atom is -0.207 e. The lowest BCUT2D eigenvalue weighted by Crippen LogP contribution is -2.12. The van der Waals surface area contributed by atoms with Gasteiger partial charge < -0.3 is 0 Å². The van der Waals surface area contributed by atoms with Crippen molar-refractivity contribution in [2.45, 2.75) is 39.0 Å². The Morgan fingerprint density at radius 3 is 2.40 bits per heavy atom. The summed E-state index contributed by atoms with van der Waals surface area (Å²) >= 11 is 0. The average molecular weight is 206 g/mol. The molecule has 0 bridgehead atoms. The maximum absolute atomic E-state index is 12.8. The lowest BCUT2D eigenvalue weighted by Gasteiger charge is -2.23. The van der Waals surface area contributed by atoms with E-state index >= 15 is 0 Å². The Kier molecular flexibility index (Phi) is 3.08. The molecule has 1 fully saturated rings. The maximum Gasteiger partial charge on any atom is 0.123 e. The van der Waals surface area contributed by atoms with Gasteiger partial charge in [0.2, 0.25) is 0 Å². The molecule has 0 heterocycles. The molecule has 1 aromatic carbocycles. The molecule has 15 heavy (non-hydrogen) atoms. The van der Waals surface area contributed by atoms with Gasteiger partial charge in [0.05, 0.1) is 0 Å². The summed E-state index contributed by atoms with van der Waals surface area (Å²) in [6, 6.07) is 7.09. The van der Waals surface area contributed by atoms with Crippen molar-refractivity contribution in [3.63, 3.8) is 0 Å². The topological polar surface area (TPSA) is 0 Å². The molecule has 1 saturated carbocycles. The third-order valence-corrected chi connectivity index (χ3v) is 3.72. The third-order valence-electron chi connectivity index (χ3n) is 3.72. The van der Waals surface area contributed by atoms with E-state index in [1.807, 2.05) is 12.1 Å². The minimum atomic E-state index is -0.127. The number of hydrogen-bond donors (Lipinski definition) is 0. The lowest BCUT2D eigenvalue weighted by molar-refractivity contribution is 0.357. The van der Waals surface area contributed by atoms with Crippen molar-refractivity contribution in [2.75, 3.05) is 0 Å². The van der Waals surface area contributed by atoms with Crippen LogP contribution in [-0.4, -0.2) is 0 Å². The van der Waals surface area contributed by atoms with Crippen LogP contribution in [0, 0.1) is 17.7 Å². The first-order valence-electron chi connectivity index (χ1n) is 5.94. The monoisotopic (exact) mass is 206 g/mol. The highest BCUT2D eigenvalue weighted by molar-refractivity contribution is 5.22. The molecule has 0 amide bonds. The second-order valence-electron chi connectivity index (χ2n) is 5.00. The fourth-order valence-electron chi connectivity index (χ4n) is 2.91. The van der Waals surface area contributed by atoms with E-state index in [1.165, 1.54) is 24.8 Å². The van der Waals surface area contributed by atoms with Crippen LogP contribution in [0.4, 0.5) is 4.39 Å². The van der Waals surface area contributed by atoms with Crippen LogP contribution in [0.3, 0.4) is 0 Å². The van der Waals surface area contributed by atoms with Gasteiger partial charge in [0, 0.05) is 0 Å². The molecule has 0 saturated heterocycles. The van der Waals surface area contributed by atoms with E-state index in [-0.39, 0.29) is 5.82 Å². The van der Waals surface area contributed by atoms with Gasteiger partial charge in [-0.2, -0.15) is 0 Å². The van der Waals surface area contributed by atoms with Gasteiger partial charge in [-0.05, 0) is 48.3 Å². The average Bonchev–Trinajstić information content (AvgIpc) is 2.67. The van der Waals surface area contributed by atoms with Crippen molar-refractivity contribution >= 4 is 0 Å². The molecule has 1 aromatic rings. The summed E-state index contributed by atoms with van der Waals surface area (Å²) in [5.41, 5.74) is 1.33. The second kappa shape index (κ2) is 4.34. The Morgan fingerprint density at radius 1 is 1.13 bits per heavy atom. The van der Waals surface area contributed by atoms with Crippen molar-refractivity contribution < 1.29 is 4.39 Å². The highest BCUT2D eigenvalue weighted by atomic mass is 19.1. The van der Waals surface area contributed by atoms with E-state index in [0.717, 1.165) is 11.8 Å². The van der Waals surface area contributed by atoms with Crippen molar-refractivity contribution in [2.24, 2.45) is 11.8 Å². The quantitative estimate of drug-likeness (QED) is 0.674. The third kappa shape index (κ3) is 2.22. The number of benzene rings is 1. The van der Waals surface area contributed by atoms with Crippen molar-refractivity contribution in [1.29, 1.82) is 0 Å². The van der Waals surface area contributed by atoms with Gasteiger partial charge in [0.15, 0.2) is 0 Å². The van der Waals surface area contributed by atoms with Gasteiger partial charge in [-0.3, -0.25) is 0 Å². The minimum absolute atomic E-state index is 0.127. The highest BCUT2D eigenvalue weighted by Crippen LogP contribution is 2.43. The molecule has 0 aliphatic heterocycles. The number of halogens is 1. The zero-order valence-electron chi connectivity index (χ0n) is 9.54. The fraction of sp³-hybridized carbons (Fsp3) is 0.571. The van der Waals surface area contributed by atoms with Crippen LogP contribution in [0.15, 0.2) is 24.3 Å². The molecular formula is C14H19F. The standard InChI is InChI=1S/C14H19F/c1-10(2)13-4-3-5-14(13)11-6-8-12(15)9-7-11/h6-10,13-14H,3-5H2,1-2H3. The van der Waals surface area contributed by atoms with Crippen LogP contribution < -0.4 is 0 Å². The molecule has 0 aromatic heterocycles. The molecule has 0 radical (unpaired) electrons. The van der Waals surface area contributed by atoms with Gasteiger partial charge in [-0.1, -0.05) is 32.4 Å². The lowest BCUT2D eigenvalue weighted by atomic mass is 9.82. The number of rotatable bonds is 2. The van der Waals surface area contributed by atoms with E-state index < -0.39 is 0 Å². The zero-order chi connectivity index (χ0) is 10.8. The van der Waals surface area contributed by atoms with E-state index in [1.54, 1.807) is 12.1 Å². The zero-order valence-corrected chi connectivity index (χ0v) is 9.54. The van der Waals surface area contributed by atoms with E-state index in [0.29, 0.717) is 5.92 Å². The van der Waals surface area contributed by atoms with Crippen molar-refractivity contribution in [1.82, 2.24) is 0 Å². The Hall–Kier alpha value is -0.850. The van der Waals surface area contributed by atoms with Gasteiger partial charge in [0.1, 0.15) is 5.82 Å². The largest absolute Gasteiger partial charge is 0.207 e. The van der Waals surface area contributed by atoms with Gasteiger partial charge >= 0.3 is 0 Å². The van der Waals surface area contributed by atoms with E-state index in [9.17, 15) is 4.39 Å². The maximum atomic E-state index is 12.8. The smallest absolute Gasteiger partial charge is 0.123 e. The summed E-state index contributed by atoms with van der Waals surface area (Å²) in [5, 5.41) is 0. The normalized spacial score (nSPS) is 26.1. The van der Waals surface area contributed by atoms with Crippen LogP contribution in [0.2, 0.25) is 0 Å². The van der Waals surface area contributed by atoms with Gasteiger partial charge in [0.25, 0.3) is 0 Å². The molecule has 82 valence electrons. The first kappa shape index (κ1) is 10.7. The molecule has 1 aliphatic carbocycles. The predicted molar refractivity (Wildman–Crippen MR) is 61.3 cm³/mol. The molecule has 0 N–H and O–H groups in total. The second-order valence-corrected chi connectivity index (χ2v) is 5.00. The summed E-state index contributed by atoms with van der Waals surface area (Å²) < 4.78 is 12.8. The van der Waals surface area contributed by atoms with Gasteiger partial charge in [-0.25, -0.2) is 4.39 Å². The van der Waals surface area contributed by atoms with Crippen molar-refractivity contribution in [3.8, 4) is 0 Å². The Bertz CT molecular complexity index is 313. The molecule has 2 atom stereocenters. The molecule has 2 unspecified atom stereocenters. The first-order valence-corrected chi connectivity index (χ1v) is 5.94. The summed E-state index contributed by atoms with van der Waals surface area (Å²) in [5.74, 6) is 2.06. The van der Waals surface area contributed by atoms with Crippen LogP contribution in [0.25, 0.3) is 0 Å². The van der Waals surface area contributed by atoms with Crippen LogP contribution in [0.1, 0.15) is 44.6 Å². The van der Waals surface area contributed by atoms with Crippen LogP contribution >= 0.6 is 0 Å².